The first kappa shape index (κ1) is 11.0. The van der Waals surface area contributed by atoms with Crippen molar-refractivity contribution in [2.24, 2.45) is 0 Å². The normalized spacial score (nSPS) is 10.4. The van der Waals surface area contributed by atoms with E-state index < -0.39 is 0 Å². The standard InChI is InChI=1S/C14H8BrN3/c15-13-9-18(14-8-17-6-5-12(13)14)11-3-1-10(7-16)2-4-11/h1-6,8-9H. The van der Waals surface area contributed by atoms with Crippen molar-refractivity contribution in [3.8, 4) is 11.8 Å². The van der Waals surface area contributed by atoms with Gasteiger partial charge in [-0.05, 0) is 46.3 Å². The maximum absolute atomic E-state index is 8.80. The lowest BCUT2D eigenvalue weighted by Gasteiger charge is -2.04. The number of hydrogen-bond donors (Lipinski definition) is 0. The minimum absolute atomic E-state index is 0.660. The van der Waals surface area contributed by atoms with Crippen molar-refractivity contribution in [3.05, 3.63) is 59.0 Å². The van der Waals surface area contributed by atoms with Gasteiger partial charge in [0.05, 0.1) is 23.3 Å². The van der Waals surface area contributed by atoms with Crippen LogP contribution in [0.3, 0.4) is 0 Å². The average molecular weight is 298 g/mol. The van der Waals surface area contributed by atoms with E-state index in [-0.39, 0.29) is 0 Å². The molecule has 2 aromatic heterocycles. The van der Waals surface area contributed by atoms with Crippen LogP contribution in [0, 0.1) is 11.3 Å². The van der Waals surface area contributed by atoms with Crippen LogP contribution < -0.4 is 0 Å². The fraction of sp³-hybridized carbons (Fsp3) is 0. The number of hydrogen-bond acceptors (Lipinski definition) is 2. The van der Waals surface area contributed by atoms with Crippen molar-refractivity contribution in [3.63, 3.8) is 0 Å². The second kappa shape index (κ2) is 4.28. The van der Waals surface area contributed by atoms with Gasteiger partial charge >= 0.3 is 0 Å². The van der Waals surface area contributed by atoms with E-state index in [4.69, 9.17) is 5.26 Å². The molecule has 0 amide bonds. The summed E-state index contributed by atoms with van der Waals surface area (Å²) in [5, 5.41) is 9.92. The third kappa shape index (κ3) is 1.69. The molecule has 0 radical (unpaired) electrons. The predicted octanol–water partition coefficient (Wildman–Crippen LogP) is 3.66. The Morgan fingerprint density at radius 1 is 1.17 bits per heavy atom. The number of nitriles is 1. The van der Waals surface area contributed by atoms with Crippen molar-refractivity contribution < 1.29 is 0 Å². The zero-order chi connectivity index (χ0) is 12.5. The van der Waals surface area contributed by atoms with Crippen molar-refractivity contribution in [1.82, 2.24) is 9.55 Å². The van der Waals surface area contributed by atoms with Crippen molar-refractivity contribution in [2.45, 2.75) is 0 Å². The van der Waals surface area contributed by atoms with Gasteiger partial charge in [0, 0.05) is 27.9 Å². The maximum atomic E-state index is 8.80. The van der Waals surface area contributed by atoms with Gasteiger partial charge in [0.15, 0.2) is 0 Å². The lowest BCUT2D eigenvalue weighted by atomic mass is 10.2. The molecule has 18 heavy (non-hydrogen) atoms. The lowest BCUT2D eigenvalue weighted by Crippen LogP contribution is -1.91. The first-order chi connectivity index (χ1) is 8.79. The number of rotatable bonds is 1. The van der Waals surface area contributed by atoms with E-state index in [1.807, 2.05) is 47.3 Å². The van der Waals surface area contributed by atoms with Crippen LogP contribution in [-0.4, -0.2) is 9.55 Å². The summed E-state index contributed by atoms with van der Waals surface area (Å²) in [6.45, 7) is 0. The molecule has 0 saturated heterocycles. The van der Waals surface area contributed by atoms with Gasteiger partial charge in [0.1, 0.15) is 0 Å². The average Bonchev–Trinajstić information content (AvgIpc) is 2.77. The summed E-state index contributed by atoms with van der Waals surface area (Å²) in [6, 6.07) is 11.6. The largest absolute Gasteiger partial charge is 0.314 e. The highest BCUT2D eigenvalue weighted by atomic mass is 79.9. The Balaban J connectivity index is 2.22. The molecule has 0 saturated carbocycles. The second-order valence-electron chi connectivity index (χ2n) is 3.90. The van der Waals surface area contributed by atoms with Crippen LogP contribution >= 0.6 is 15.9 Å². The third-order valence-corrected chi connectivity index (χ3v) is 3.47. The van der Waals surface area contributed by atoms with E-state index in [2.05, 4.69) is 27.0 Å². The van der Waals surface area contributed by atoms with Gasteiger partial charge < -0.3 is 4.57 Å². The number of nitrogens with zero attached hydrogens (tertiary/aromatic N) is 3. The Hall–Kier alpha value is -2.12. The van der Waals surface area contributed by atoms with Crippen LogP contribution in [0.2, 0.25) is 0 Å². The Kier molecular flexibility index (Phi) is 2.62. The molecule has 0 aliphatic heterocycles. The molecule has 1 aromatic carbocycles. The lowest BCUT2D eigenvalue weighted by molar-refractivity contribution is 1.11. The van der Waals surface area contributed by atoms with Crippen LogP contribution in [0.1, 0.15) is 5.56 Å². The van der Waals surface area contributed by atoms with Crippen molar-refractivity contribution in [1.29, 1.82) is 5.26 Å². The third-order valence-electron chi connectivity index (χ3n) is 2.83. The molecule has 3 aromatic rings. The molecule has 0 spiro atoms. The highest BCUT2D eigenvalue weighted by Crippen LogP contribution is 2.27. The molecule has 4 heteroatoms. The summed E-state index contributed by atoms with van der Waals surface area (Å²) in [4.78, 5) is 4.15. The minimum atomic E-state index is 0.660. The van der Waals surface area contributed by atoms with Crippen molar-refractivity contribution >= 4 is 26.8 Å². The van der Waals surface area contributed by atoms with Gasteiger partial charge in [-0.25, -0.2) is 0 Å². The van der Waals surface area contributed by atoms with Crippen LogP contribution in [-0.2, 0) is 0 Å². The number of pyridine rings is 1. The Labute approximate surface area is 112 Å². The van der Waals surface area contributed by atoms with Gasteiger partial charge in [-0.2, -0.15) is 5.26 Å². The smallest absolute Gasteiger partial charge is 0.0991 e. The maximum Gasteiger partial charge on any atom is 0.0991 e. The molecule has 0 fully saturated rings. The van der Waals surface area contributed by atoms with E-state index in [1.54, 1.807) is 6.20 Å². The van der Waals surface area contributed by atoms with Crippen LogP contribution in [0.25, 0.3) is 16.6 Å². The molecule has 2 heterocycles. The fourth-order valence-electron chi connectivity index (χ4n) is 1.94. The molecule has 3 nitrogen and oxygen atoms in total. The highest BCUT2D eigenvalue weighted by Gasteiger charge is 2.07. The topological polar surface area (TPSA) is 41.6 Å². The summed E-state index contributed by atoms with van der Waals surface area (Å²) >= 11 is 3.54. The Morgan fingerprint density at radius 2 is 1.94 bits per heavy atom. The summed E-state index contributed by atoms with van der Waals surface area (Å²) in [5.41, 5.74) is 2.71. The summed E-state index contributed by atoms with van der Waals surface area (Å²) in [5.74, 6) is 0. The fourth-order valence-corrected chi connectivity index (χ4v) is 2.48. The van der Waals surface area contributed by atoms with Gasteiger partial charge in [0.2, 0.25) is 0 Å². The van der Waals surface area contributed by atoms with Crippen LogP contribution in [0.4, 0.5) is 0 Å². The molecular formula is C14H8BrN3. The van der Waals surface area contributed by atoms with Gasteiger partial charge in [-0.3, -0.25) is 4.98 Å². The number of aromatic nitrogens is 2. The molecule has 0 aliphatic carbocycles. The molecule has 0 atom stereocenters. The van der Waals surface area contributed by atoms with Gasteiger partial charge in [-0.15, -0.1) is 0 Å². The van der Waals surface area contributed by atoms with E-state index >= 15 is 0 Å². The summed E-state index contributed by atoms with van der Waals surface area (Å²) in [7, 11) is 0. The second-order valence-corrected chi connectivity index (χ2v) is 4.75. The van der Waals surface area contributed by atoms with Crippen LogP contribution in [0.15, 0.2) is 53.4 Å². The first-order valence-corrected chi connectivity index (χ1v) is 6.20. The minimum Gasteiger partial charge on any atom is -0.314 e. The van der Waals surface area contributed by atoms with Gasteiger partial charge in [0.25, 0.3) is 0 Å². The summed E-state index contributed by atoms with van der Waals surface area (Å²) < 4.78 is 3.08. The molecule has 0 N–H and O–H groups in total. The molecule has 0 bridgehead atoms. The molecule has 0 unspecified atom stereocenters. The first-order valence-electron chi connectivity index (χ1n) is 5.41. The molecular weight excluding hydrogens is 290 g/mol. The zero-order valence-electron chi connectivity index (χ0n) is 9.34. The molecule has 86 valence electrons. The van der Waals surface area contributed by atoms with E-state index in [9.17, 15) is 0 Å². The molecule has 0 aliphatic rings. The Bertz CT molecular complexity index is 751. The monoisotopic (exact) mass is 297 g/mol. The van der Waals surface area contributed by atoms with E-state index in [0.717, 1.165) is 21.1 Å². The van der Waals surface area contributed by atoms with E-state index in [1.165, 1.54) is 0 Å². The SMILES string of the molecule is N#Cc1ccc(-n2cc(Br)c3ccncc32)cc1. The van der Waals surface area contributed by atoms with E-state index in [0.29, 0.717) is 5.56 Å². The molecule has 3 rings (SSSR count). The highest BCUT2D eigenvalue weighted by molar-refractivity contribution is 9.10. The quantitative estimate of drug-likeness (QED) is 0.688. The summed E-state index contributed by atoms with van der Waals surface area (Å²) in [6.07, 6.45) is 5.61. The predicted molar refractivity (Wildman–Crippen MR) is 73.5 cm³/mol. The number of benzene rings is 1. The van der Waals surface area contributed by atoms with Gasteiger partial charge in [-0.1, -0.05) is 0 Å². The number of halogens is 1. The Morgan fingerprint density at radius 3 is 2.67 bits per heavy atom. The van der Waals surface area contributed by atoms with Crippen molar-refractivity contribution in [2.75, 3.05) is 0 Å². The zero-order valence-corrected chi connectivity index (χ0v) is 10.9. The van der Waals surface area contributed by atoms with Crippen LogP contribution in [0.5, 0.6) is 0 Å². The number of fused-ring (bicyclic) bond motifs is 1.